The van der Waals surface area contributed by atoms with Crippen LogP contribution in [0.4, 0.5) is 5.69 Å². The molecule has 11 heteroatoms. The lowest BCUT2D eigenvalue weighted by atomic mass is 10.2. The standard InChI is InChI=1S/C24H24ClN5O4S/c1-3-13-30-20(14-26-22(32)16-5-9-18(25)10-6-16)28-29-24(30)35-15-21(31)27-19-11-7-17(8-12-19)23(33)34-4-2/h3,5-12H,1,4,13-15H2,2H3,(H,26,32)(H,27,31). The fourth-order valence-corrected chi connectivity index (χ4v) is 3.86. The Hall–Kier alpha value is -3.63. The number of esters is 1. The minimum absolute atomic E-state index is 0.0893. The molecule has 35 heavy (non-hydrogen) atoms. The van der Waals surface area contributed by atoms with Gasteiger partial charge in [-0.1, -0.05) is 29.4 Å². The molecule has 0 aliphatic rings. The van der Waals surface area contributed by atoms with E-state index in [4.69, 9.17) is 16.3 Å². The quantitative estimate of drug-likeness (QED) is 0.226. The van der Waals surface area contributed by atoms with E-state index in [2.05, 4.69) is 27.4 Å². The van der Waals surface area contributed by atoms with Gasteiger partial charge in [0.05, 0.1) is 24.5 Å². The number of nitrogens with one attached hydrogen (secondary N) is 2. The molecule has 0 saturated carbocycles. The van der Waals surface area contributed by atoms with Gasteiger partial charge in [-0.15, -0.1) is 16.8 Å². The summed E-state index contributed by atoms with van der Waals surface area (Å²) in [5.41, 5.74) is 1.44. The number of rotatable bonds is 11. The molecule has 0 bridgehead atoms. The van der Waals surface area contributed by atoms with Gasteiger partial charge in [-0.3, -0.25) is 9.59 Å². The van der Waals surface area contributed by atoms with Crippen molar-refractivity contribution < 1.29 is 19.1 Å². The number of carbonyl (C=O) groups is 3. The average molecular weight is 514 g/mol. The van der Waals surface area contributed by atoms with Gasteiger partial charge in [0.2, 0.25) is 5.91 Å². The molecular weight excluding hydrogens is 490 g/mol. The third kappa shape index (κ3) is 7.43. The number of amides is 2. The second-order valence-corrected chi connectivity index (χ2v) is 8.50. The molecule has 2 amide bonds. The maximum Gasteiger partial charge on any atom is 0.338 e. The van der Waals surface area contributed by atoms with E-state index in [0.29, 0.717) is 46.0 Å². The van der Waals surface area contributed by atoms with Gasteiger partial charge in [0.1, 0.15) is 0 Å². The van der Waals surface area contributed by atoms with Gasteiger partial charge in [0, 0.05) is 22.8 Å². The molecule has 3 aromatic rings. The van der Waals surface area contributed by atoms with E-state index < -0.39 is 5.97 Å². The summed E-state index contributed by atoms with van der Waals surface area (Å²) in [6.45, 7) is 6.35. The minimum Gasteiger partial charge on any atom is -0.462 e. The maximum absolute atomic E-state index is 12.4. The van der Waals surface area contributed by atoms with Crippen LogP contribution in [0.15, 0.2) is 66.3 Å². The summed E-state index contributed by atoms with van der Waals surface area (Å²) < 4.78 is 6.73. The smallest absolute Gasteiger partial charge is 0.338 e. The van der Waals surface area contributed by atoms with Gasteiger partial charge in [-0.2, -0.15) is 0 Å². The first kappa shape index (κ1) is 26.0. The van der Waals surface area contributed by atoms with Crippen LogP contribution in [0.3, 0.4) is 0 Å². The molecule has 0 fully saturated rings. The Balaban J connectivity index is 1.56. The number of benzene rings is 2. The highest BCUT2D eigenvalue weighted by Gasteiger charge is 2.15. The number of aromatic nitrogens is 3. The lowest BCUT2D eigenvalue weighted by Gasteiger charge is -2.09. The topological polar surface area (TPSA) is 115 Å². The molecule has 0 spiro atoms. The predicted octanol–water partition coefficient (Wildman–Crippen LogP) is 3.96. The number of halogens is 1. The first-order chi connectivity index (χ1) is 16.9. The number of nitrogens with zero attached hydrogens (tertiary/aromatic N) is 3. The van der Waals surface area contributed by atoms with Crippen molar-refractivity contribution in [2.75, 3.05) is 17.7 Å². The van der Waals surface area contributed by atoms with Gasteiger partial charge >= 0.3 is 5.97 Å². The third-order valence-corrected chi connectivity index (χ3v) is 5.85. The van der Waals surface area contributed by atoms with Crippen molar-refractivity contribution >= 4 is 46.8 Å². The van der Waals surface area contributed by atoms with E-state index in [1.165, 1.54) is 11.8 Å². The lowest BCUT2D eigenvalue weighted by molar-refractivity contribution is -0.113. The van der Waals surface area contributed by atoms with Gasteiger partial charge < -0.3 is 19.9 Å². The first-order valence-corrected chi connectivity index (χ1v) is 12.0. The van der Waals surface area contributed by atoms with E-state index >= 15 is 0 Å². The highest BCUT2D eigenvalue weighted by molar-refractivity contribution is 7.99. The van der Waals surface area contributed by atoms with E-state index in [1.54, 1.807) is 66.1 Å². The molecule has 2 N–H and O–H groups in total. The number of hydrogen-bond acceptors (Lipinski definition) is 7. The van der Waals surface area contributed by atoms with Crippen LogP contribution in [0.5, 0.6) is 0 Å². The minimum atomic E-state index is -0.414. The Kier molecular flexibility index (Phi) is 9.45. The Morgan fingerprint density at radius 3 is 2.43 bits per heavy atom. The molecule has 0 radical (unpaired) electrons. The summed E-state index contributed by atoms with van der Waals surface area (Å²) in [5, 5.41) is 15.0. The summed E-state index contributed by atoms with van der Waals surface area (Å²) in [4.78, 5) is 36.5. The monoisotopic (exact) mass is 513 g/mol. The van der Waals surface area contributed by atoms with Crippen LogP contribution in [-0.4, -0.2) is 44.9 Å². The summed E-state index contributed by atoms with van der Waals surface area (Å²) >= 11 is 7.07. The van der Waals surface area contributed by atoms with E-state index in [0.717, 1.165) is 0 Å². The van der Waals surface area contributed by atoms with Crippen molar-refractivity contribution in [3.05, 3.63) is 83.2 Å². The van der Waals surface area contributed by atoms with Crippen molar-refractivity contribution in [1.29, 1.82) is 0 Å². The molecule has 0 saturated heterocycles. The van der Waals surface area contributed by atoms with Crippen molar-refractivity contribution in [2.45, 2.75) is 25.2 Å². The van der Waals surface area contributed by atoms with Crippen LogP contribution < -0.4 is 10.6 Å². The second-order valence-electron chi connectivity index (χ2n) is 7.12. The van der Waals surface area contributed by atoms with Crippen molar-refractivity contribution in [1.82, 2.24) is 20.1 Å². The van der Waals surface area contributed by atoms with Crippen LogP contribution in [0.25, 0.3) is 0 Å². The van der Waals surface area contributed by atoms with Crippen LogP contribution in [0.2, 0.25) is 5.02 Å². The summed E-state index contributed by atoms with van der Waals surface area (Å²) in [6.07, 6.45) is 1.68. The SMILES string of the molecule is C=CCn1c(CNC(=O)c2ccc(Cl)cc2)nnc1SCC(=O)Nc1ccc(C(=O)OCC)cc1. The normalized spacial score (nSPS) is 10.5. The van der Waals surface area contributed by atoms with Crippen LogP contribution in [0, 0.1) is 0 Å². The van der Waals surface area contributed by atoms with Gasteiger partial charge in [-0.25, -0.2) is 4.79 Å². The third-order valence-electron chi connectivity index (χ3n) is 4.63. The predicted molar refractivity (Wildman–Crippen MR) is 135 cm³/mol. The number of hydrogen-bond donors (Lipinski definition) is 2. The van der Waals surface area contributed by atoms with E-state index in [1.807, 2.05) is 0 Å². The second kappa shape index (κ2) is 12.7. The first-order valence-electron chi connectivity index (χ1n) is 10.7. The Morgan fingerprint density at radius 2 is 1.77 bits per heavy atom. The lowest BCUT2D eigenvalue weighted by Crippen LogP contribution is -2.24. The Labute approximate surface area is 211 Å². The number of ether oxygens (including phenoxy) is 1. The fraction of sp³-hybridized carbons (Fsp3) is 0.208. The van der Waals surface area contributed by atoms with Crippen LogP contribution >= 0.6 is 23.4 Å². The summed E-state index contributed by atoms with van der Waals surface area (Å²) in [6, 6.07) is 13.0. The van der Waals surface area contributed by atoms with E-state index in [-0.39, 0.29) is 24.1 Å². The number of carbonyl (C=O) groups excluding carboxylic acids is 3. The Bertz CT molecular complexity index is 1200. The molecule has 1 heterocycles. The van der Waals surface area contributed by atoms with Gasteiger partial charge in [0.15, 0.2) is 11.0 Å². The molecule has 0 aliphatic heterocycles. The largest absolute Gasteiger partial charge is 0.462 e. The number of allylic oxidation sites excluding steroid dienone is 1. The van der Waals surface area contributed by atoms with Crippen molar-refractivity contribution in [3.8, 4) is 0 Å². The zero-order chi connectivity index (χ0) is 25.2. The van der Waals surface area contributed by atoms with E-state index in [9.17, 15) is 14.4 Å². The summed E-state index contributed by atoms with van der Waals surface area (Å²) in [5.74, 6) is -0.305. The molecule has 1 aromatic heterocycles. The molecule has 2 aromatic carbocycles. The van der Waals surface area contributed by atoms with Crippen LogP contribution in [0.1, 0.15) is 33.5 Å². The Morgan fingerprint density at radius 1 is 1.09 bits per heavy atom. The van der Waals surface area contributed by atoms with Gasteiger partial charge in [0.25, 0.3) is 5.91 Å². The maximum atomic E-state index is 12.4. The number of anilines is 1. The van der Waals surface area contributed by atoms with Crippen molar-refractivity contribution in [2.24, 2.45) is 0 Å². The zero-order valence-corrected chi connectivity index (χ0v) is 20.6. The van der Waals surface area contributed by atoms with Gasteiger partial charge in [-0.05, 0) is 55.5 Å². The molecule has 182 valence electrons. The molecule has 3 rings (SSSR count). The highest BCUT2D eigenvalue weighted by atomic mass is 35.5. The molecule has 0 unspecified atom stereocenters. The zero-order valence-electron chi connectivity index (χ0n) is 19.0. The highest BCUT2D eigenvalue weighted by Crippen LogP contribution is 2.19. The molecule has 0 aliphatic carbocycles. The molecule has 9 nitrogen and oxygen atoms in total. The van der Waals surface area contributed by atoms with Crippen molar-refractivity contribution in [3.63, 3.8) is 0 Å². The fourth-order valence-electron chi connectivity index (χ4n) is 2.96. The molecular formula is C24H24ClN5O4S. The van der Waals surface area contributed by atoms with Crippen LogP contribution in [-0.2, 0) is 22.6 Å². The number of thioether (sulfide) groups is 1. The molecule has 0 atom stereocenters. The average Bonchev–Trinajstić information content (AvgIpc) is 3.24. The summed E-state index contributed by atoms with van der Waals surface area (Å²) in [7, 11) is 0.